The van der Waals surface area contributed by atoms with Crippen LogP contribution in [0, 0.1) is 5.92 Å². The van der Waals surface area contributed by atoms with E-state index in [-0.39, 0.29) is 0 Å². The van der Waals surface area contributed by atoms with E-state index in [4.69, 9.17) is 11.5 Å². The number of unbranched alkanes of at least 4 members (excludes halogenated alkanes) is 11. The number of hydrogen-bond acceptors (Lipinski definition) is 2. The lowest BCUT2D eigenvalue weighted by molar-refractivity contribution is 0.391. The van der Waals surface area contributed by atoms with Gasteiger partial charge in [0.25, 0.3) is 0 Å². The molecule has 2 heteroatoms. The summed E-state index contributed by atoms with van der Waals surface area (Å²) in [6.07, 6.45) is 19.3. The predicted molar refractivity (Wildman–Crippen MR) is 96.5 cm³/mol. The second kappa shape index (κ2) is 16.3. The van der Waals surface area contributed by atoms with Crippen LogP contribution in [0.15, 0.2) is 0 Å². The van der Waals surface area contributed by atoms with Crippen molar-refractivity contribution in [3.8, 4) is 0 Å². The van der Waals surface area contributed by atoms with Crippen LogP contribution in [-0.4, -0.2) is 12.6 Å². The van der Waals surface area contributed by atoms with Crippen LogP contribution in [0.5, 0.6) is 0 Å². The summed E-state index contributed by atoms with van der Waals surface area (Å²) in [5.41, 5.74) is 11.6. The molecule has 0 fully saturated rings. The lowest BCUT2D eigenvalue weighted by Crippen LogP contribution is -2.30. The molecule has 21 heavy (non-hydrogen) atoms. The van der Waals surface area contributed by atoms with Gasteiger partial charge in [-0.1, -0.05) is 90.9 Å². The van der Waals surface area contributed by atoms with Crippen molar-refractivity contribution >= 4 is 0 Å². The molecule has 0 bridgehead atoms. The normalized spacial score (nSPS) is 14.3. The Labute approximate surface area is 134 Å². The van der Waals surface area contributed by atoms with Gasteiger partial charge in [0.15, 0.2) is 0 Å². The molecule has 0 aromatic carbocycles. The third-order valence-electron chi connectivity index (χ3n) is 4.74. The molecule has 0 radical (unpaired) electrons. The van der Waals surface area contributed by atoms with Crippen LogP contribution in [0.3, 0.4) is 0 Å². The van der Waals surface area contributed by atoms with E-state index in [1.807, 2.05) is 0 Å². The molecule has 0 saturated carbocycles. The Kier molecular flexibility index (Phi) is 16.2. The molecule has 2 nitrogen and oxygen atoms in total. The topological polar surface area (TPSA) is 52.0 Å². The van der Waals surface area contributed by atoms with Gasteiger partial charge >= 0.3 is 0 Å². The average Bonchev–Trinajstić information content (AvgIpc) is 2.48. The Hall–Kier alpha value is -0.0800. The van der Waals surface area contributed by atoms with Crippen LogP contribution in [-0.2, 0) is 0 Å². The zero-order valence-electron chi connectivity index (χ0n) is 14.9. The Balaban J connectivity index is 3.15. The SMILES string of the molecule is CCCCCCCCCCCCCCC(C)C(N)CCN. The minimum Gasteiger partial charge on any atom is -0.330 e. The van der Waals surface area contributed by atoms with Crippen molar-refractivity contribution in [2.24, 2.45) is 17.4 Å². The molecule has 0 aromatic rings. The Morgan fingerprint density at radius 3 is 1.52 bits per heavy atom. The maximum atomic E-state index is 6.09. The average molecular weight is 299 g/mol. The van der Waals surface area contributed by atoms with Gasteiger partial charge in [-0.2, -0.15) is 0 Å². The zero-order chi connectivity index (χ0) is 15.8. The highest BCUT2D eigenvalue weighted by Gasteiger charge is 2.10. The third kappa shape index (κ3) is 14.6. The van der Waals surface area contributed by atoms with Crippen molar-refractivity contribution in [2.45, 2.75) is 110 Å². The number of rotatable bonds is 16. The van der Waals surface area contributed by atoms with Crippen LogP contribution in [0.4, 0.5) is 0 Å². The van der Waals surface area contributed by atoms with E-state index in [1.54, 1.807) is 0 Å². The van der Waals surface area contributed by atoms with Crippen molar-refractivity contribution in [1.29, 1.82) is 0 Å². The van der Waals surface area contributed by atoms with Gasteiger partial charge in [0, 0.05) is 6.04 Å². The van der Waals surface area contributed by atoms with E-state index in [2.05, 4.69) is 13.8 Å². The van der Waals surface area contributed by atoms with E-state index in [9.17, 15) is 0 Å². The van der Waals surface area contributed by atoms with Gasteiger partial charge in [-0.05, 0) is 25.3 Å². The first kappa shape index (κ1) is 20.9. The van der Waals surface area contributed by atoms with Crippen molar-refractivity contribution in [3.63, 3.8) is 0 Å². The first-order valence-corrected chi connectivity index (χ1v) is 9.68. The van der Waals surface area contributed by atoms with Crippen LogP contribution < -0.4 is 11.5 Å². The molecule has 0 saturated heterocycles. The predicted octanol–water partition coefficient (Wildman–Crippen LogP) is 5.39. The fourth-order valence-electron chi connectivity index (χ4n) is 3.00. The Bertz CT molecular complexity index is 194. The molecule has 0 spiro atoms. The van der Waals surface area contributed by atoms with Crippen molar-refractivity contribution in [3.05, 3.63) is 0 Å². The molecule has 0 heterocycles. The van der Waals surface area contributed by atoms with Gasteiger partial charge in [-0.25, -0.2) is 0 Å². The molecule has 0 aromatic heterocycles. The highest BCUT2D eigenvalue weighted by atomic mass is 14.7. The highest BCUT2D eigenvalue weighted by molar-refractivity contribution is 4.69. The molecule has 4 N–H and O–H groups in total. The van der Waals surface area contributed by atoms with Crippen LogP contribution in [0.25, 0.3) is 0 Å². The van der Waals surface area contributed by atoms with Gasteiger partial charge in [-0.15, -0.1) is 0 Å². The first-order chi connectivity index (χ1) is 10.2. The zero-order valence-corrected chi connectivity index (χ0v) is 14.9. The minimum atomic E-state index is 0.308. The Morgan fingerprint density at radius 2 is 1.10 bits per heavy atom. The summed E-state index contributed by atoms with van der Waals surface area (Å²) in [6, 6.07) is 0.308. The number of hydrogen-bond donors (Lipinski definition) is 2. The van der Waals surface area contributed by atoms with E-state index < -0.39 is 0 Å². The molecule has 0 aliphatic rings. The van der Waals surface area contributed by atoms with E-state index in [1.165, 1.54) is 83.5 Å². The van der Waals surface area contributed by atoms with Crippen LogP contribution in [0.2, 0.25) is 0 Å². The highest BCUT2D eigenvalue weighted by Crippen LogP contribution is 2.16. The maximum absolute atomic E-state index is 6.09. The standard InChI is InChI=1S/C19H42N2/c1-3-4-5-6-7-8-9-10-11-12-13-14-15-18(2)19(21)16-17-20/h18-19H,3-17,20-21H2,1-2H3. The second-order valence-electron chi connectivity index (χ2n) is 6.90. The van der Waals surface area contributed by atoms with Crippen LogP contribution >= 0.6 is 0 Å². The van der Waals surface area contributed by atoms with Gasteiger partial charge < -0.3 is 11.5 Å². The summed E-state index contributed by atoms with van der Waals surface area (Å²) in [7, 11) is 0. The lowest BCUT2D eigenvalue weighted by Gasteiger charge is -2.18. The van der Waals surface area contributed by atoms with Gasteiger partial charge in [-0.3, -0.25) is 0 Å². The van der Waals surface area contributed by atoms with Gasteiger partial charge in [0.05, 0.1) is 0 Å². The summed E-state index contributed by atoms with van der Waals surface area (Å²) in [5, 5.41) is 0. The minimum absolute atomic E-state index is 0.308. The van der Waals surface area contributed by atoms with Crippen LogP contribution in [0.1, 0.15) is 104 Å². The molecular formula is C19H42N2. The molecule has 0 rings (SSSR count). The summed E-state index contributed by atoms with van der Waals surface area (Å²) >= 11 is 0. The molecule has 128 valence electrons. The third-order valence-corrected chi connectivity index (χ3v) is 4.74. The van der Waals surface area contributed by atoms with E-state index in [0.717, 1.165) is 13.0 Å². The van der Waals surface area contributed by atoms with E-state index in [0.29, 0.717) is 12.0 Å². The second-order valence-corrected chi connectivity index (χ2v) is 6.90. The summed E-state index contributed by atoms with van der Waals surface area (Å²) in [4.78, 5) is 0. The monoisotopic (exact) mass is 298 g/mol. The molecule has 0 aliphatic carbocycles. The molecule has 2 atom stereocenters. The summed E-state index contributed by atoms with van der Waals surface area (Å²) in [6.45, 7) is 5.29. The van der Waals surface area contributed by atoms with E-state index >= 15 is 0 Å². The molecule has 0 amide bonds. The fourth-order valence-corrected chi connectivity index (χ4v) is 3.00. The van der Waals surface area contributed by atoms with Gasteiger partial charge in [0.1, 0.15) is 0 Å². The smallest absolute Gasteiger partial charge is 0.00765 e. The summed E-state index contributed by atoms with van der Waals surface area (Å²) in [5.74, 6) is 0.636. The quantitative estimate of drug-likeness (QED) is 0.375. The fraction of sp³-hybridized carbons (Fsp3) is 1.00. The Morgan fingerprint density at radius 1 is 0.667 bits per heavy atom. The number of nitrogens with two attached hydrogens (primary N) is 2. The largest absolute Gasteiger partial charge is 0.330 e. The van der Waals surface area contributed by atoms with Crippen molar-refractivity contribution in [1.82, 2.24) is 0 Å². The molecule has 2 unspecified atom stereocenters. The first-order valence-electron chi connectivity index (χ1n) is 9.68. The van der Waals surface area contributed by atoms with Gasteiger partial charge in [0.2, 0.25) is 0 Å². The van der Waals surface area contributed by atoms with Crippen molar-refractivity contribution in [2.75, 3.05) is 6.54 Å². The molecular weight excluding hydrogens is 256 g/mol. The maximum Gasteiger partial charge on any atom is 0.00765 e. The lowest BCUT2D eigenvalue weighted by atomic mass is 9.93. The summed E-state index contributed by atoms with van der Waals surface area (Å²) < 4.78 is 0. The van der Waals surface area contributed by atoms with Crippen molar-refractivity contribution < 1.29 is 0 Å². The molecule has 0 aliphatic heterocycles.